The average Bonchev–Trinajstić information content (AvgIpc) is 2.84. The first-order chi connectivity index (χ1) is 10.1. The molecule has 0 fully saturated rings. The van der Waals surface area contributed by atoms with E-state index >= 15 is 0 Å². The van der Waals surface area contributed by atoms with Gasteiger partial charge in [0.1, 0.15) is 17.3 Å². The number of furan rings is 1. The smallest absolute Gasteiger partial charge is 0.126 e. The number of aryl methyl sites for hydroxylation is 2. The molecular weight excluding hydrogens is 284 g/mol. The van der Waals surface area contributed by atoms with Gasteiger partial charge in [0, 0.05) is 10.9 Å². The molecular formula is C18H17ClO2. The van der Waals surface area contributed by atoms with Gasteiger partial charge in [-0.2, -0.15) is 0 Å². The van der Waals surface area contributed by atoms with E-state index in [4.69, 9.17) is 20.8 Å². The number of fused-ring (bicyclic) bond motifs is 1. The summed E-state index contributed by atoms with van der Waals surface area (Å²) in [6, 6.07) is 14.1. The minimum absolute atomic E-state index is 0.238. The van der Waals surface area contributed by atoms with Gasteiger partial charge < -0.3 is 9.15 Å². The lowest BCUT2D eigenvalue weighted by atomic mass is 9.97. The summed E-state index contributed by atoms with van der Waals surface area (Å²) in [4.78, 5) is 0. The van der Waals surface area contributed by atoms with Gasteiger partial charge in [-0.25, -0.2) is 0 Å². The van der Waals surface area contributed by atoms with Crippen molar-refractivity contribution in [2.24, 2.45) is 0 Å². The maximum absolute atomic E-state index is 6.72. The van der Waals surface area contributed by atoms with Crippen molar-refractivity contribution in [2.45, 2.75) is 19.2 Å². The maximum atomic E-state index is 6.72. The Kier molecular flexibility index (Phi) is 3.64. The molecule has 2 nitrogen and oxygen atoms in total. The largest absolute Gasteiger partial charge is 0.496 e. The van der Waals surface area contributed by atoms with E-state index in [1.165, 1.54) is 0 Å². The first-order valence-corrected chi connectivity index (χ1v) is 7.32. The van der Waals surface area contributed by atoms with Crippen LogP contribution in [0.25, 0.3) is 10.8 Å². The van der Waals surface area contributed by atoms with E-state index < -0.39 is 0 Å². The Morgan fingerprint density at radius 3 is 2.33 bits per heavy atom. The van der Waals surface area contributed by atoms with Gasteiger partial charge in [-0.15, -0.1) is 11.6 Å². The lowest BCUT2D eigenvalue weighted by molar-refractivity contribution is 0.419. The zero-order valence-corrected chi connectivity index (χ0v) is 13.1. The molecule has 108 valence electrons. The summed E-state index contributed by atoms with van der Waals surface area (Å²) in [6.45, 7) is 3.88. The Bertz CT molecular complexity index is 789. The molecule has 1 aromatic heterocycles. The van der Waals surface area contributed by atoms with Gasteiger partial charge in [0.2, 0.25) is 0 Å². The molecule has 0 spiro atoms. The Balaban J connectivity index is 2.19. The van der Waals surface area contributed by atoms with Crippen molar-refractivity contribution in [3.8, 4) is 5.75 Å². The van der Waals surface area contributed by atoms with Crippen LogP contribution in [0.2, 0.25) is 0 Å². The molecule has 0 amide bonds. The number of hydrogen-bond donors (Lipinski definition) is 0. The molecule has 0 saturated carbocycles. The van der Waals surface area contributed by atoms with E-state index in [9.17, 15) is 0 Å². The molecule has 1 unspecified atom stereocenters. The molecule has 0 aliphatic heterocycles. The van der Waals surface area contributed by atoms with Crippen LogP contribution in [-0.4, -0.2) is 7.11 Å². The van der Waals surface area contributed by atoms with Gasteiger partial charge in [-0.1, -0.05) is 30.3 Å². The van der Waals surface area contributed by atoms with Crippen LogP contribution in [0.4, 0.5) is 0 Å². The summed E-state index contributed by atoms with van der Waals surface area (Å²) in [6.07, 6.45) is 0. The van der Waals surface area contributed by atoms with Crippen LogP contribution in [0, 0.1) is 13.8 Å². The van der Waals surface area contributed by atoms with Crippen LogP contribution in [0.15, 0.2) is 46.9 Å². The Hall–Kier alpha value is -1.93. The summed E-state index contributed by atoms with van der Waals surface area (Å²) in [7, 11) is 1.68. The highest BCUT2D eigenvalue weighted by atomic mass is 35.5. The highest BCUT2D eigenvalue weighted by molar-refractivity contribution is 6.23. The first kappa shape index (κ1) is 14.0. The first-order valence-electron chi connectivity index (χ1n) is 6.88. The zero-order chi connectivity index (χ0) is 15.0. The SMILES string of the molecule is COc1ccc(C(Cl)c2cc(C)oc2C)c2ccccc12. The number of alkyl halides is 1. The van der Waals surface area contributed by atoms with Crippen molar-refractivity contribution in [3.05, 3.63) is 65.1 Å². The predicted molar refractivity (Wildman–Crippen MR) is 86.4 cm³/mol. The third kappa shape index (κ3) is 2.40. The molecule has 2 aromatic carbocycles. The second-order valence-electron chi connectivity index (χ2n) is 5.13. The molecule has 3 heteroatoms. The molecule has 1 heterocycles. The molecule has 3 rings (SSSR count). The van der Waals surface area contributed by atoms with E-state index in [1.807, 2.05) is 44.2 Å². The quantitative estimate of drug-likeness (QED) is 0.605. The summed E-state index contributed by atoms with van der Waals surface area (Å²) in [5.74, 6) is 2.61. The summed E-state index contributed by atoms with van der Waals surface area (Å²) in [5.41, 5.74) is 2.08. The Morgan fingerprint density at radius 2 is 1.71 bits per heavy atom. The Morgan fingerprint density at radius 1 is 1.00 bits per heavy atom. The summed E-state index contributed by atoms with van der Waals surface area (Å²) in [5, 5.41) is 1.94. The second-order valence-corrected chi connectivity index (χ2v) is 5.57. The third-order valence-electron chi connectivity index (χ3n) is 3.76. The van der Waals surface area contributed by atoms with Crippen molar-refractivity contribution >= 4 is 22.4 Å². The summed E-state index contributed by atoms with van der Waals surface area (Å²) >= 11 is 6.72. The fourth-order valence-electron chi connectivity index (χ4n) is 2.76. The monoisotopic (exact) mass is 300 g/mol. The average molecular weight is 301 g/mol. The molecule has 21 heavy (non-hydrogen) atoms. The number of halogens is 1. The number of methoxy groups -OCH3 is 1. The van der Waals surface area contributed by atoms with Crippen molar-refractivity contribution in [1.29, 1.82) is 0 Å². The minimum atomic E-state index is -0.238. The molecule has 3 aromatic rings. The van der Waals surface area contributed by atoms with Gasteiger partial charge >= 0.3 is 0 Å². The number of benzene rings is 2. The summed E-state index contributed by atoms with van der Waals surface area (Å²) < 4.78 is 11.0. The van der Waals surface area contributed by atoms with Crippen molar-refractivity contribution in [1.82, 2.24) is 0 Å². The Labute approximate surface area is 129 Å². The molecule has 0 radical (unpaired) electrons. The lowest BCUT2D eigenvalue weighted by Crippen LogP contribution is -1.96. The normalized spacial score (nSPS) is 12.6. The standard InChI is InChI=1S/C18H17ClO2/c1-11-10-16(12(2)21-11)18(19)15-8-9-17(20-3)14-7-5-4-6-13(14)15/h4-10,18H,1-3H3. The van der Waals surface area contributed by atoms with Gasteiger partial charge in [0.05, 0.1) is 12.5 Å². The fourth-order valence-corrected chi connectivity index (χ4v) is 3.17. The lowest BCUT2D eigenvalue weighted by Gasteiger charge is -2.14. The fraction of sp³-hybridized carbons (Fsp3) is 0.222. The minimum Gasteiger partial charge on any atom is -0.496 e. The van der Waals surface area contributed by atoms with E-state index in [2.05, 4.69) is 12.1 Å². The number of ether oxygens (including phenoxy) is 1. The highest BCUT2D eigenvalue weighted by Crippen LogP contribution is 2.39. The number of rotatable bonds is 3. The van der Waals surface area contributed by atoms with Gasteiger partial charge in [0.25, 0.3) is 0 Å². The van der Waals surface area contributed by atoms with E-state index in [0.29, 0.717) is 0 Å². The van der Waals surface area contributed by atoms with Gasteiger partial charge in [0.15, 0.2) is 0 Å². The molecule has 0 N–H and O–H groups in total. The highest BCUT2D eigenvalue weighted by Gasteiger charge is 2.19. The van der Waals surface area contributed by atoms with Crippen LogP contribution in [-0.2, 0) is 0 Å². The topological polar surface area (TPSA) is 22.4 Å². The molecule has 0 saturated heterocycles. The number of hydrogen-bond acceptors (Lipinski definition) is 2. The van der Waals surface area contributed by atoms with Crippen LogP contribution in [0.3, 0.4) is 0 Å². The van der Waals surface area contributed by atoms with Crippen molar-refractivity contribution in [2.75, 3.05) is 7.11 Å². The van der Waals surface area contributed by atoms with Crippen LogP contribution >= 0.6 is 11.6 Å². The zero-order valence-electron chi connectivity index (χ0n) is 12.3. The van der Waals surface area contributed by atoms with E-state index in [0.717, 1.165) is 39.2 Å². The third-order valence-corrected chi connectivity index (χ3v) is 4.23. The molecule has 0 aliphatic carbocycles. The van der Waals surface area contributed by atoms with E-state index in [1.54, 1.807) is 7.11 Å². The molecule has 0 aliphatic rings. The predicted octanol–water partition coefficient (Wildman–Crippen LogP) is 5.39. The van der Waals surface area contributed by atoms with Crippen molar-refractivity contribution in [3.63, 3.8) is 0 Å². The van der Waals surface area contributed by atoms with Gasteiger partial charge in [-0.05, 0) is 36.9 Å². The second kappa shape index (κ2) is 5.45. The molecule has 0 bridgehead atoms. The van der Waals surface area contributed by atoms with Crippen LogP contribution in [0.1, 0.15) is 28.0 Å². The molecule has 1 atom stereocenters. The van der Waals surface area contributed by atoms with E-state index in [-0.39, 0.29) is 5.38 Å². The van der Waals surface area contributed by atoms with Gasteiger partial charge in [-0.3, -0.25) is 0 Å². The van der Waals surface area contributed by atoms with Crippen molar-refractivity contribution < 1.29 is 9.15 Å². The maximum Gasteiger partial charge on any atom is 0.126 e. The van der Waals surface area contributed by atoms with Crippen LogP contribution in [0.5, 0.6) is 5.75 Å². The van der Waals surface area contributed by atoms with Crippen LogP contribution < -0.4 is 4.74 Å².